The average molecular weight is 273 g/mol. The van der Waals surface area contributed by atoms with Gasteiger partial charge in [0.15, 0.2) is 0 Å². The molecule has 2 atom stereocenters. The Morgan fingerprint density at radius 3 is 2.42 bits per heavy atom. The van der Waals surface area contributed by atoms with E-state index in [-0.39, 0.29) is 19.1 Å². The van der Waals surface area contributed by atoms with Crippen LogP contribution < -0.4 is 0 Å². The second kappa shape index (κ2) is 5.36. The predicted octanol–water partition coefficient (Wildman–Crippen LogP) is 2.22. The van der Waals surface area contributed by atoms with Gasteiger partial charge in [0.2, 0.25) is 5.72 Å². The summed E-state index contributed by atoms with van der Waals surface area (Å²) in [7, 11) is 0. The number of carboxylic acids is 1. The number of carbonyl (C=O) groups excluding carboxylic acids is 1. The zero-order valence-corrected chi connectivity index (χ0v) is 12.2. The van der Waals surface area contributed by atoms with Crippen molar-refractivity contribution in [2.24, 2.45) is 0 Å². The van der Waals surface area contributed by atoms with Gasteiger partial charge in [0.25, 0.3) is 0 Å². The summed E-state index contributed by atoms with van der Waals surface area (Å²) in [4.78, 5) is 25.0. The van der Waals surface area contributed by atoms with E-state index >= 15 is 0 Å². The van der Waals surface area contributed by atoms with E-state index in [0.29, 0.717) is 6.42 Å². The van der Waals surface area contributed by atoms with Crippen LogP contribution >= 0.6 is 0 Å². The molecule has 2 unspecified atom stereocenters. The van der Waals surface area contributed by atoms with Gasteiger partial charge in [0.05, 0.1) is 0 Å². The van der Waals surface area contributed by atoms with Crippen LogP contribution in [0.5, 0.6) is 0 Å². The van der Waals surface area contributed by atoms with Crippen molar-refractivity contribution in [1.82, 2.24) is 4.90 Å². The number of carbonyl (C=O) groups is 2. The van der Waals surface area contributed by atoms with Gasteiger partial charge in [0, 0.05) is 19.1 Å². The third-order valence-electron chi connectivity index (χ3n) is 3.04. The van der Waals surface area contributed by atoms with Gasteiger partial charge < -0.3 is 14.6 Å². The molecule has 1 saturated heterocycles. The fourth-order valence-electron chi connectivity index (χ4n) is 2.30. The Morgan fingerprint density at radius 1 is 1.42 bits per heavy atom. The Hall–Kier alpha value is -1.30. The Labute approximate surface area is 113 Å². The highest BCUT2D eigenvalue weighted by Gasteiger charge is 2.55. The average Bonchev–Trinajstić information content (AvgIpc) is 2.55. The zero-order valence-electron chi connectivity index (χ0n) is 12.2. The Balaban J connectivity index is 3.05. The molecule has 0 aromatic rings. The molecule has 1 amide bonds. The molecule has 6 heteroatoms. The fourth-order valence-corrected chi connectivity index (χ4v) is 2.30. The van der Waals surface area contributed by atoms with Gasteiger partial charge in [-0.2, -0.15) is 0 Å². The number of likely N-dealkylation sites (tertiary alicyclic amines) is 1. The number of rotatable bonds is 3. The number of hydrogen-bond acceptors (Lipinski definition) is 4. The highest BCUT2D eigenvalue weighted by molar-refractivity contribution is 5.84. The van der Waals surface area contributed by atoms with E-state index in [4.69, 9.17) is 9.47 Å². The Morgan fingerprint density at radius 2 is 2.00 bits per heavy atom. The minimum absolute atomic E-state index is 0.221. The molecule has 0 bridgehead atoms. The monoisotopic (exact) mass is 273 g/mol. The molecule has 0 saturated carbocycles. The summed E-state index contributed by atoms with van der Waals surface area (Å²) in [6.45, 7) is 8.96. The first-order chi connectivity index (χ1) is 8.64. The van der Waals surface area contributed by atoms with Crippen molar-refractivity contribution < 1.29 is 24.2 Å². The summed E-state index contributed by atoms with van der Waals surface area (Å²) in [6.07, 6.45) is 0.204. The second-order valence-electron chi connectivity index (χ2n) is 5.76. The SMILES string of the molecule is CCOC1(C(=O)O)CCC(C)N1C(=O)OC(C)(C)C. The summed E-state index contributed by atoms with van der Waals surface area (Å²) < 4.78 is 10.7. The van der Waals surface area contributed by atoms with Crippen molar-refractivity contribution in [3.8, 4) is 0 Å². The first kappa shape index (κ1) is 15.8. The molecule has 0 radical (unpaired) electrons. The minimum atomic E-state index is -1.60. The Kier molecular flexibility index (Phi) is 4.45. The standard InChI is InChI=1S/C13H23NO5/c1-6-18-13(10(15)16)8-7-9(2)14(13)11(17)19-12(3,4)5/h9H,6-8H2,1-5H3,(H,15,16). The third-order valence-corrected chi connectivity index (χ3v) is 3.04. The van der Waals surface area contributed by atoms with Crippen LogP contribution in [0.25, 0.3) is 0 Å². The number of aliphatic carboxylic acids is 1. The lowest BCUT2D eigenvalue weighted by Crippen LogP contribution is -2.57. The molecule has 1 aliphatic rings. The summed E-state index contributed by atoms with van der Waals surface area (Å²) in [5.74, 6) is -1.15. The molecule has 6 nitrogen and oxygen atoms in total. The molecule has 0 spiro atoms. The highest BCUT2D eigenvalue weighted by Crippen LogP contribution is 2.36. The summed E-state index contributed by atoms with van der Waals surface area (Å²) in [5, 5.41) is 9.46. The van der Waals surface area contributed by atoms with Crippen LogP contribution in [0.2, 0.25) is 0 Å². The van der Waals surface area contributed by atoms with E-state index in [1.165, 1.54) is 4.90 Å². The maximum atomic E-state index is 12.2. The van der Waals surface area contributed by atoms with Crippen LogP contribution in [0, 0.1) is 0 Å². The molecule has 1 heterocycles. The highest BCUT2D eigenvalue weighted by atomic mass is 16.6. The molecule has 110 valence electrons. The van der Waals surface area contributed by atoms with E-state index in [2.05, 4.69) is 0 Å². The Bertz CT molecular complexity index is 359. The molecule has 0 aromatic heterocycles. The van der Waals surface area contributed by atoms with Gasteiger partial charge in [-0.15, -0.1) is 0 Å². The van der Waals surface area contributed by atoms with Gasteiger partial charge in [0.1, 0.15) is 5.60 Å². The number of carboxylic acid groups (broad SMARTS) is 1. The maximum absolute atomic E-state index is 12.2. The van der Waals surface area contributed by atoms with Gasteiger partial charge in [-0.25, -0.2) is 9.59 Å². The van der Waals surface area contributed by atoms with Crippen molar-refractivity contribution in [2.75, 3.05) is 6.61 Å². The van der Waals surface area contributed by atoms with Gasteiger partial charge in [-0.1, -0.05) is 0 Å². The number of amides is 1. The van der Waals surface area contributed by atoms with Crippen molar-refractivity contribution >= 4 is 12.1 Å². The largest absolute Gasteiger partial charge is 0.478 e. The first-order valence-corrected chi connectivity index (χ1v) is 6.53. The topological polar surface area (TPSA) is 76.1 Å². The van der Waals surface area contributed by atoms with Gasteiger partial charge >= 0.3 is 12.1 Å². The molecule has 1 N–H and O–H groups in total. The van der Waals surface area contributed by atoms with Gasteiger partial charge in [-0.05, 0) is 41.0 Å². The van der Waals surface area contributed by atoms with Crippen LogP contribution in [-0.2, 0) is 14.3 Å². The first-order valence-electron chi connectivity index (χ1n) is 6.53. The molecule has 19 heavy (non-hydrogen) atoms. The molecular weight excluding hydrogens is 250 g/mol. The van der Waals surface area contributed by atoms with E-state index in [1.54, 1.807) is 34.6 Å². The summed E-state index contributed by atoms with van der Waals surface area (Å²) >= 11 is 0. The molecule has 0 aliphatic carbocycles. The van der Waals surface area contributed by atoms with Crippen LogP contribution in [-0.4, -0.2) is 46.0 Å². The lowest BCUT2D eigenvalue weighted by Gasteiger charge is -2.37. The molecule has 0 aromatic carbocycles. The van der Waals surface area contributed by atoms with E-state index in [9.17, 15) is 14.7 Å². The van der Waals surface area contributed by atoms with Crippen LogP contribution in [0.4, 0.5) is 4.79 Å². The van der Waals surface area contributed by atoms with Crippen molar-refractivity contribution in [2.45, 2.75) is 64.8 Å². The number of ether oxygens (including phenoxy) is 2. The van der Waals surface area contributed by atoms with E-state index in [1.807, 2.05) is 0 Å². The lowest BCUT2D eigenvalue weighted by molar-refractivity contribution is -0.188. The quantitative estimate of drug-likeness (QED) is 0.853. The number of hydrogen-bond donors (Lipinski definition) is 1. The smallest absolute Gasteiger partial charge is 0.413 e. The normalized spacial score (nSPS) is 27.4. The summed E-state index contributed by atoms with van der Waals surface area (Å²) in [6, 6.07) is -0.225. The molecule has 1 fully saturated rings. The molecular formula is C13H23NO5. The lowest BCUT2D eigenvalue weighted by atomic mass is 10.1. The molecule has 1 aliphatic heterocycles. The summed E-state index contributed by atoms with van der Waals surface area (Å²) in [5.41, 5.74) is -2.27. The zero-order chi connectivity index (χ0) is 14.8. The fraction of sp³-hybridized carbons (Fsp3) is 0.846. The third kappa shape index (κ3) is 3.18. The van der Waals surface area contributed by atoms with E-state index in [0.717, 1.165) is 0 Å². The van der Waals surface area contributed by atoms with Crippen LogP contribution in [0.15, 0.2) is 0 Å². The van der Waals surface area contributed by atoms with Crippen LogP contribution in [0.1, 0.15) is 47.5 Å². The van der Waals surface area contributed by atoms with Crippen LogP contribution in [0.3, 0.4) is 0 Å². The minimum Gasteiger partial charge on any atom is -0.478 e. The molecule has 1 rings (SSSR count). The van der Waals surface area contributed by atoms with E-state index < -0.39 is 23.4 Å². The number of nitrogens with zero attached hydrogens (tertiary/aromatic N) is 1. The van der Waals surface area contributed by atoms with Crippen molar-refractivity contribution in [1.29, 1.82) is 0 Å². The van der Waals surface area contributed by atoms with Crippen molar-refractivity contribution in [3.05, 3.63) is 0 Å². The predicted molar refractivity (Wildman–Crippen MR) is 68.8 cm³/mol. The van der Waals surface area contributed by atoms with Gasteiger partial charge in [-0.3, -0.25) is 4.90 Å². The maximum Gasteiger partial charge on any atom is 0.413 e. The van der Waals surface area contributed by atoms with Crippen molar-refractivity contribution in [3.63, 3.8) is 0 Å². The second-order valence-corrected chi connectivity index (χ2v) is 5.76.